The van der Waals surface area contributed by atoms with Gasteiger partial charge in [-0.3, -0.25) is 4.90 Å². The molecule has 0 N–H and O–H groups in total. The third-order valence-electron chi connectivity index (χ3n) is 7.55. The third kappa shape index (κ3) is 5.42. The van der Waals surface area contributed by atoms with E-state index in [4.69, 9.17) is 9.26 Å². The van der Waals surface area contributed by atoms with Crippen LogP contribution < -0.4 is 9.80 Å². The van der Waals surface area contributed by atoms with Gasteiger partial charge in [0.25, 0.3) is 0 Å². The van der Waals surface area contributed by atoms with Crippen LogP contribution in [0.4, 0.5) is 11.6 Å². The number of hydrogen-bond donors (Lipinski definition) is 0. The van der Waals surface area contributed by atoms with Crippen molar-refractivity contribution in [3.05, 3.63) is 42.1 Å². The fourth-order valence-corrected chi connectivity index (χ4v) is 6.85. The number of anilines is 2. The van der Waals surface area contributed by atoms with Crippen molar-refractivity contribution in [3.8, 4) is 0 Å². The van der Waals surface area contributed by atoms with Crippen LogP contribution in [-0.4, -0.2) is 105 Å². The molecule has 5 heterocycles. The first-order valence-corrected chi connectivity index (χ1v) is 14.6. The van der Waals surface area contributed by atoms with Crippen molar-refractivity contribution in [2.24, 2.45) is 0 Å². The van der Waals surface area contributed by atoms with Gasteiger partial charge in [-0.25, -0.2) is 8.42 Å². The standard InChI is InChI=1S/C25H33N7O4S/c33-37(34,19-22-21-5-1-2-6-23(21)36-28-22)32-15-13-31(14-16-32)25-8-7-24(26-27-25)30-11-9-29(10-12-30)18-20-4-3-17-35-20/h1-2,5-8,20H,3-4,9-19H2. The molecule has 198 valence electrons. The van der Waals surface area contributed by atoms with E-state index in [0.717, 1.165) is 56.4 Å². The molecule has 1 aromatic carbocycles. The number of piperazine rings is 2. The Kier molecular flexibility index (Phi) is 6.98. The smallest absolute Gasteiger partial charge is 0.220 e. The van der Waals surface area contributed by atoms with Crippen molar-refractivity contribution in [1.82, 2.24) is 24.6 Å². The highest BCUT2D eigenvalue weighted by molar-refractivity contribution is 7.88. The number of aromatic nitrogens is 3. The molecule has 3 aliphatic rings. The third-order valence-corrected chi connectivity index (χ3v) is 9.34. The van der Waals surface area contributed by atoms with Crippen molar-refractivity contribution in [2.75, 3.05) is 75.3 Å². The van der Waals surface area contributed by atoms with Gasteiger partial charge in [-0.1, -0.05) is 17.3 Å². The Morgan fingerprint density at radius 1 is 0.865 bits per heavy atom. The first-order valence-electron chi connectivity index (χ1n) is 13.0. The molecule has 2 aromatic heterocycles. The minimum Gasteiger partial charge on any atom is -0.377 e. The number of hydrogen-bond acceptors (Lipinski definition) is 10. The van der Waals surface area contributed by atoms with E-state index in [2.05, 4.69) is 30.1 Å². The molecular formula is C25H33N7O4S. The molecule has 11 nitrogen and oxygen atoms in total. The zero-order valence-electron chi connectivity index (χ0n) is 20.9. The van der Waals surface area contributed by atoms with Gasteiger partial charge in [0.1, 0.15) is 11.4 Å². The molecule has 1 unspecified atom stereocenters. The zero-order chi connectivity index (χ0) is 25.2. The van der Waals surface area contributed by atoms with Crippen LogP contribution in [0.1, 0.15) is 18.5 Å². The molecule has 3 aromatic rings. The number of fused-ring (bicyclic) bond motifs is 1. The Hall–Kier alpha value is -2.80. The van der Waals surface area contributed by atoms with E-state index < -0.39 is 10.0 Å². The van der Waals surface area contributed by atoms with Crippen molar-refractivity contribution >= 4 is 32.6 Å². The van der Waals surface area contributed by atoms with Crippen LogP contribution in [0.25, 0.3) is 11.0 Å². The van der Waals surface area contributed by atoms with Crippen LogP contribution in [0.15, 0.2) is 40.9 Å². The molecule has 0 radical (unpaired) electrons. The lowest BCUT2D eigenvalue weighted by Gasteiger charge is -2.36. The summed E-state index contributed by atoms with van der Waals surface area (Å²) in [7, 11) is -3.51. The maximum Gasteiger partial charge on any atom is 0.220 e. The lowest BCUT2D eigenvalue weighted by atomic mass is 10.2. The fourth-order valence-electron chi connectivity index (χ4n) is 5.39. The quantitative estimate of drug-likeness (QED) is 0.449. The monoisotopic (exact) mass is 527 g/mol. The van der Waals surface area contributed by atoms with E-state index in [-0.39, 0.29) is 5.75 Å². The average molecular weight is 528 g/mol. The van der Waals surface area contributed by atoms with Crippen LogP contribution in [0.2, 0.25) is 0 Å². The number of sulfonamides is 1. The van der Waals surface area contributed by atoms with Crippen LogP contribution >= 0.6 is 0 Å². The largest absolute Gasteiger partial charge is 0.377 e. The topological polar surface area (TPSA) is 108 Å². The van der Waals surface area contributed by atoms with Crippen LogP contribution in [0, 0.1) is 0 Å². The van der Waals surface area contributed by atoms with Gasteiger partial charge >= 0.3 is 0 Å². The summed E-state index contributed by atoms with van der Waals surface area (Å²) in [6.45, 7) is 7.71. The van der Waals surface area contributed by atoms with Gasteiger partial charge in [-0.15, -0.1) is 10.2 Å². The predicted octanol–water partition coefficient (Wildman–Crippen LogP) is 1.57. The minimum atomic E-state index is -3.51. The molecule has 0 amide bonds. The van der Waals surface area contributed by atoms with Crippen molar-refractivity contribution in [2.45, 2.75) is 24.7 Å². The highest BCUT2D eigenvalue weighted by atomic mass is 32.2. The first kappa shape index (κ1) is 24.5. The lowest BCUT2D eigenvalue weighted by Crippen LogP contribution is -2.49. The predicted molar refractivity (Wildman–Crippen MR) is 140 cm³/mol. The van der Waals surface area contributed by atoms with Gasteiger partial charge in [0.15, 0.2) is 17.2 Å². The Morgan fingerprint density at radius 2 is 1.54 bits per heavy atom. The molecule has 3 fully saturated rings. The number of para-hydroxylation sites is 1. The molecule has 3 saturated heterocycles. The second kappa shape index (κ2) is 10.5. The van der Waals surface area contributed by atoms with Crippen LogP contribution in [0.3, 0.4) is 0 Å². The molecule has 12 heteroatoms. The minimum absolute atomic E-state index is 0.167. The van der Waals surface area contributed by atoms with Crippen LogP contribution in [-0.2, 0) is 20.5 Å². The molecule has 0 aliphatic carbocycles. The molecule has 0 saturated carbocycles. The van der Waals surface area contributed by atoms with E-state index in [1.54, 1.807) is 6.07 Å². The van der Waals surface area contributed by atoms with Gasteiger partial charge in [0.2, 0.25) is 10.0 Å². The number of rotatable bonds is 7. The summed E-state index contributed by atoms with van der Waals surface area (Å²) in [5.74, 6) is 1.50. The van der Waals surface area contributed by atoms with Gasteiger partial charge in [0.05, 0.1) is 6.10 Å². The highest BCUT2D eigenvalue weighted by Crippen LogP contribution is 2.23. The molecule has 6 rings (SSSR count). The van der Waals surface area contributed by atoms with Crippen molar-refractivity contribution in [3.63, 3.8) is 0 Å². The molecule has 1 atom stereocenters. The number of ether oxygens (including phenoxy) is 1. The SMILES string of the molecule is O=S(=O)(Cc1noc2ccccc12)N1CCN(c2ccc(N3CCN(CC4CCCO4)CC3)nn2)CC1. The summed E-state index contributed by atoms with van der Waals surface area (Å²) in [4.78, 5) is 6.85. The van der Waals surface area contributed by atoms with Gasteiger partial charge in [-0.05, 0) is 37.1 Å². The second-order valence-electron chi connectivity index (χ2n) is 9.94. The summed E-state index contributed by atoms with van der Waals surface area (Å²) in [6, 6.07) is 11.3. The average Bonchev–Trinajstić information content (AvgIpc) is 3.59. The molecule has 3 aliphatic heterocycles. The molecule has 0 spiro atoms. The summed E-state index contributed by atoms with van der Waals surface area (Å²) in [5.41, 5.74) is 1.05. The van der Waals surface area contributed by atoms with Crippen molar-refractivity contribution in [1.29, 1.82) is 0 Å². The Morgan fingerprint density at radius 3 is 2.19 bits per heavy atom. The maximum absolute atomic E-state index is 13.1. The van der Waals surface area contributed by atoms with E-state index in [1.807, 2.05) is 30.3 Å². The summed E-state index contributed by atoms with van der Waals surface area (Å²) < 4.78 is 38.7. The molecule has 37 heavy (non-hydrogen) atoms. The molecule has 0 bridgehead atoms. The first-order chi connectivity index (χ1) is 18.0. The Balaban J connectivity index is 1.01. The van der Waals surface area contributed by atoms with Gasteiger partial charge in [-0.2, -0.15) is 4.31 Å². The van der Waals surface area contributed by atoms with E-state index >= 15 is 0 Å². The second-order valence-corrected chi connectivity index (χ2v) is 11.9. The summed E-state index contributed by atoms with van der Waals surface area (Å²) in [5, 5.41) is 13.7. The van der Waals surface area contributed by atoms with Gasteiger partial charge < -0.3 is 19.1 Å². The summed E-state index contributed by atoms with van der Waals surface area (Å²) in [6.07, 6.45) is 2.74. The van der Waals surface area contributed by atoms with E-state index in [1.165, 1.54) is 17.1 Å². The summed E-state index contributed by atoms with van der Waals surface area (Å²) >= 11 is 0. The zero-order valence-corrected chi connectivity index (χ0v) is 21.7. The highest BCUT2D eigenvalue weighted by Gasteiger charge is 2.30. The van der Waals surface area contributed by atoms with Crippen molar-refractivity contribution < 1.29 is 17.7 Å². The number of nitrogens with zero attached hydrogens (tertiary/aromatic N) is 7. The normalized spacial score (nSPS) is 22.2. The maximum atomic E-state index is 13.1. The van der Waals surface area contributed by atoms with E-state index in [9.17, 15) is 8.42 Å². The Labute approximate surface area is 217 Å². The van der Waals surface area contributed by atoms with Crippen LogP contribution in [0.5, 0.6) is 0 Å². The lowest BCUT2D eigenvalue weighted by molar-refractivity contribution is 0.0712. The number of benzene rings is 1. The fraction of sp³-hybridized carbons (Fsp3) is 0.560. The van der Waals surface area contributed by atoms with Gasteiger partial charge in [0, 0.05) is 70.9 Å². The molecular weight excluding hydrogens is 494 g/mol. The van der Waals surface area contributed by atoms with E-state index in [0.29, 0.717) is 43.6 Å². The Bertz CT molecular complexity index is 1290.